The summed E-state index contributed by atoms with van der Waals surface area (Å²) in [6, 6.07) is 12.5. The second-order valence-electron chi connectivity index (χ2n) is 6.64. The summed E-state index contributed by atoms with van der Waals surface area (Å²) in [6.45, 7) is 2.99. The highest BCUT2D eigenvalue weighted by molar-refractivity contribution is 7.17. The van der Waals surface area contributed by atoms with Crippen molar-refractivity contribution in [2.24, 2.45) is 0 Å². The molecule has 0 saturated heterocycles. The number of aryl methyl sites for hydroxylation is 1. The van der Waals surface area contributed by atoms with E-state index >= 15 is 0 Å². The molecule has 1 aliphatic rings. The van der Waals surface area contributed by atoms with E-state index in [9.17, 15) is 4.79 Å². The van der Waals surface area contributed by atoms with Crippen molar-refractivity contribution in [3.63, 3.8) is 0 Å². The van der Waals surface area contributed by atoms with Crippen LogP contribution in [0.1, 0.15) is 48.7 Å². The summed E-state index contributed by atoms with van der Waals surface area (Å²) in [4.78, 5) is 19.2. The molecule has 4 nitrogen and oxygen atoms in total. The summed E-state index contributed by atoms with van der Waals surface area (Å²) in [5.41, 5.74) is 2.14. The first-order chi connectivity index (χ1) is 12.3. The van der Waals surface area contributed by atoms with E-state index in [1.165, 1.54) is 30.6 Å². The van der Waals surface area contributed by atoms with Crippen molar-refractivity contribution in [2.75, 3.05) is 0 Å². The van der Waals surface area contributed by atoms with Crippen LogP contribution >= 0.6 is 11.3 Å². The molecule has 1 aromatic carbocycles. The maximum Gasteiger partial charge on any atom is 0.261 e. The Kier molecular flexibility index (Phi) is 4.57. The number of carbonyl (C=O) groups is 1. The number of hydrogen-bond acceptors (Lipinski definition) is 3. The molecule has 1 amide bonds. The van der Waals surface area contributed by atoms with Crippen LogP contribution in [0.25, 0.3) is 21.7 Å². The molecule has 1 aliphatic carbocycles. The number of fused-ring (bicyclic) bond motifs is 1. The predicted octanol–water partition coefficient (Wildman–Crippen LogP) is 4.85. The lowest BCUT2D eigenvalue weighted by atomic mass is 9.95. The maximum absolute atomic E-state index is 12.6. The molecule has 2 aromatic heterocycles. The molecule has 1 fully saturated rings. The van der Waals surface area contributed by atoms with Crippen molar-refractivity contribution in [1.82, 2.24) is 14.9 Å². The average Bonchev–Trinajstić information content (AvgIpc) is 3.27. The van der Waals surface area contributed by atoms with Gasteiger partial charge in [-0.15, -0.1) is 11.3 Å². The minimum Gasteiger partial charge on any atom is -0.349 e. The minimum atomic E-state index is 0.0577. The van der Waals surface area contributed by atoms with Crippen LogP contribution in [0.3, 0.4) is 0 Å². The average molecular weight is 353 g/mol. The smallest absolute Gasteiger partial charge is 0.261 e. The number of hydrogen-bond donors (Lipinski definition) is 1. The van der Waals surface area contributed by atoms with Gasteiger partial charge in [0.25, 0.3) is 5.91 Å². The molecule has 4 rings (SSSR count). The number of amides is 1. The normalized spacial score (nSPS) is 15.6. The molecule has 1 saturated carbocycles. The van der Waals surface area contributed by atoms with Gasteiger partial charge in [0.05, 0.1) is 20.8 Å². The van der Waals surface area contributed by atoms with Gasteiger partial charge in [-0.1, -0.05) is 31.4 Å². The minimum absolute atomic E-state index is 0.0577. The molecule has 2 heterocycles. The van der Waals surface area contributed by atoms with Crippen LogP contribution in [0.2, 0.25) is 0 Å². The quantitative estimate of drug-likeness (QED) is 0.729. The van der Waals surface area contributed by atoms with Gasteiger partial charge >= 0.3 is 0 Å². The number of nitrogens with zero attached hydrogens (tertiary/aromatic N) is 2. The fourth-order valence-corrected chi connectivity index (χ4v) is 4.58. The molecule has 5 heteroatoms. The first-order valence-electron chi connectivity index (χ1n) is 9.12. The Morgan fingerprint density at radius 3 is 2.80 bits per heavy atom. The van der Waals surface area contributed by atoms with Gasteiger partial charge in [0, 0.05) is 12.6 Å². The van der Waals surface area contributed by atoms with Gasteiger partial charge in [-0.25, -0.2) is 4.98 Å². The number of thiophene rings is 1. The molecule has 130 valence electrons. The number of imidazole rings is 1. The first kappa shape index (κ1) is 16.3. The lowest BCUT2D eigenvalue weighted by Crippen LogP contribution is -2.35. The van der Waals surface area contributed by atoms with Crippen LogP contribution in [0.15, 0.2) is 36.4 Å². The fraction of sp³-hybridized carbons (Fsp3) is 0.400. The SMILES string of the molecule is CCn1c(-c2ccc(C(=O)NC3CCCCC3)s2)nc2ccccc21. The topological polar surface area (TPSA) is 46.9 Å². The predicted molar refractivity (Wildman–Crippen MR) is 103 cm³/mol. The number of aromatic nitrogens is 2. The molecule has 25 heavy (non-hydrogen) atoms. The molecule has 0 spiro atoms. The van der Waals surface area contributed by atoms with Crippen molar-refractivity contribution < 1.29 is 4.79 Å². The highest BCUT2D eigenvalue weighted by Gasteiger charge is 2.19. The van der Waals surface area contributed by atoms with E-state index in [2.05, 4.69) is 22.9 Å². The molecule has 0 radical (unpaired) electrons. The summed E-state index contributed by atoms with van der Waals surface area (Å²) >= 11 is 1.53. The van der Waals surface area contributed by atoms with Gasteiger partial charge in [-0.05, 0) is 44.0 Å². The van der Waals surface area contributed by atoms with E-state index in [-0.39, 0.29) is 5.91 Å². The Morgan fingerprint density at radius 1 is 1.20 bits per heavy atom. The highest BCUT2D eigenvalue weighted by atomic mass is 32.1. The van der Waals surface area contributed by atoms with Crippen molar-refractivity contribution in [2.45, 2.75) is 51.6 Å². The highest BCUT2D eigenvalue weighted by Crippen LogP contribution is 2.31. The molecule has 0 atom stereocenters. The van der Waals surface area contributed by atoms with Crippen LogP contribution in [-0.4, -0.2) is 21.5 Å². The van der Waals surface area contributed by atoms with Crippen LogP contribution in [0, 0.1) is 0 Å². The molecular formula is C20H23N3OS. The molecule has 0 unspecified atom stereocenters. The van der Waals surface area contributed by atoms with E-state index in [1.54, 1.807) is 0 Å². The summed E-state index contributed by atoms with van der Waals surface area (Å²) in [5.74, 6) is 1.01. The number of nitrogens with one attached hydrogen (secondary N) is 1. The third kappa shape index (κ3) is 3.21. The maximum atomic E-state index is 12.6. The fourth-order valence-electron chi connectivity index (χ4n) is 3.67. The third-order valence-corrected chi connectivity index (χ3v) is 6.04. The second kappa shape index (κ2) is 7.00. The Hall–Kier alpha value is -2.14. The van der Waals surface area contributed by atoms with Gasteiger partial charge in [-0.2, -0.15) is 0 Å². The largest absolute Gasteiger partial charge is 0.349 e. The Labute approximate surface area is 151 Å². The number of carbonyl (C=O) groups excluding carboxylic acids is 1. The van der Waals surface area contributed by atoms with E-state index in [4.69, 9.17) is 4.98 Å². The number of rotatable bonds is 4. The zero-order valence-electron chi connectivity index (χ0n) is 14.5. The summed E-state index contributed by atoms with van der Waals surface area (Å²) in [7, 11) is 0. The standard InChI is InChI=1S/C20H23N3OS/c1-2-23-16-11-7-6-10-15(16)22-19(23)17-12-13-18(25-17)20(24)21-14-8-4-3-5-9-14/h6-7,10-14H,2-5,8-9H2,1H3,(H,21,24). The molecule has 0 aliphatic heterocycles. The van der Waals surface area contributed by atoms with Crippen LogP contribution in [-0.2, 0) is 6.54 Å². The van der Waals surface area contributed by atoms with Crippen molar-refractivity contribution >= 4 is 28.3 Å². The van der Waals surface area contributed by atoms with Crippen LogP contribution < -0.4 is 5.32 Å². The van der Waals surface area contributed by atoms with Crippen LogP contribution in [0.4, 0.5) is 0 Å². The van der Waals surface area contributed by atoms with E-state index in [0.29, 0.717) is 6.04 Å². The second-order valence-corrected chi connectivity index (χ2v) is 7.72. The zero-order chi connectivity index (χ0) is 17.2. The molecule has 3 aromatic rings. The Morgan fingerprint density at radius 2 is 2.00 bits per heavy atom. The zero-order valence-corrected chi connectivity index (χ0v) is 15.3. The van der Waals surface area contributed by atoms with E-state index in [0.717, 1.165) is 46.0 Å². The molecule has 0 bridgehead atoms. The number of para-hydroxylation sites is 2. The van der Waals surface area contributed by atoms with Crippen molar-refractivity contribution in [3.05, 3.63) is 41.3 Å². The molecular weight excluding hydrogens is 330 g/mol. The Balaban J connectivity index is 1.59. The Bertz CT molecular complexity index is 889. The summed E-state index contributed by atoms with van der Waals surface area (Å²) in [6.07, 6.45) is 5.95. The third-order valence-electron chi connectivity index (χ3n) is 4.96. The van der Waals surface area contributed by atoms with Gasteiger partial charge < -0.3 is 9.88 Å². The number of benzene rings is 1. The molecule has 1 N–H and O–H groups in total. The van der Waals surface area contributed by atoms with Gasteiger partial charge in [-0.3, -0.25) is 4.79 Å². The summed E-state index contributed by atoms with van der Waals surface area (Å²) < 4.78 is 2.21. The lowest BCUT2D eigenvalue weighted by molar-refractivity contribution is 0.0932. The first-order valence-corrected chi connectivity index (χ1v) is 9.94. The van der Waals surface area contributed by atoms with Gasteiger partial charge in [0.2, 0.25) is 0 Å². The van der Waals surface area contributed by atoms with E-state index < -0.39 is 0 Å². The van der Waals surface area contributed by atoms with Gasteiger partial charge in [0.1, 0.15) is 0 Å². The van der Waals surface area contributed by atoms with Gasteiger partial charge in [0.15, 0.2) is 5.82 Å². The summed E-state index contributed by atoms with van der Waals surface area (Å²) in [5, 5.41) is 3.20. The van der Waals surface area contributed by atoms with Crippen molar-refractivity contribution in [3.8, 4) is 10.7 Å². The van der Waals surface area contributed by atoms with Crippen LogP contribution in [0.5, 0.6) is 0 Å². The monoisotopic (exact) mass is 353 g/mol. The lowest BCUT2D eigenvalue weighted by Gasteiger charge is -2.22. The van der Waals surface area contributed by atoms with Crippen molar-refractivity contribution in [1.29, 1.82) is 0 Å². The van der Waals surface area contributed by atoms with E-state index in [1.807, 2.05) is 30.3 Å².